The van der Waals surface area contributed by atoms with Gasteiger partial charge < -0.3 is 19.7 Å². The highest BCUT2D eigenvalue weighted by Gasteiger charge is 2.33. The van der Waals surface area contributed by atoms with Gasteiger partial charge in [0.15, 0.2) is 12.7 Å². The molecule has 1 aliphatic rings. The van der Waals surface area contributed by atoms with E-state index in [1.54, 1.807) is 11.0 Å². The van der Waals surface area contributed by atoms with Crippen molar-refractivity contribution in [1.29, 1.82) is 0 Å². The van der Waals surface area contributed by atoms with E-state index >= 15 is 0 Å². The molecule has 0 bridgehead atoms. The van der Waals surface area contributed by atoms with Crippen molar-refractivity contribution in [3.8, 4) is 11.5 Å². The highest BCUT2D eigenvalue weighted by molar-refractivity contribution is 5.98. The van der Waals surface area contributed by atoms with Crippen LogP contribution in [0.3, 0.4) is 0 Å². The van der Waals surface area contributed by atoms with Gasteiger partial charge >= 0.3 is 0 Å². The second-order valence-electron chi connectivity index (χ2n) is 6.98. The number of hydrogen-bond donors (Lipinski definition) is 1. The van der Waals surface area contributed by atoms with Crippen LogP contribution < -0.4 is 19.7 Å². The molecule has 0 spiro atoms. The van der Waals surface area contributed by atoms with Crippen LogP contribution in [0.25, 0.3) is 0 Å². The Morgan fingerprint density at radius 2 is 1.89 bits per heavy atom. The van der Waals surface area contributed by atoms with Gasteiger partial charge in [0.2, 0.25) is 0 Å². The standard InChI is InChI=1S/C22H26N2O4/c1-4-9-23-22(26)20-13-24(18-7-5-6-8-19(18)28-20)21(25)14-27-17-11-15(2)10-16(3)12-17/h5-8,10-12,20H,4,9,13-14H2,1-3H3,(H,23,26)/t20-/m0/s1. The highest BCUT2D eigenvalue weighted by Crippen LogP contribution is 2.33. The fourth-order valence-electron chi connectivity index (χ4n) is 3.21. The maximum Gasteiger partial charge on any atom is 0.265 e. The minimum atomic E-state index is -0.744. The third-order valence-electron chi connectivity index (χ3n) is 4.47. The first-order valence-corrected chi connectivity index (χ1v) is 9.52. The normalized spacial score (nSPS) is 15.4. The molecule has 0 fully saturated rings. The molecule has 2 amide bonds. The van der Waals surface area contributed by atoms with E-state index in [1.165, 1.54) is 0 Å². The quantitative estimate of drug-likeness (QED) is 0.834. The smallest absolute Gasteiger partial charge is 0.265 e. The van der Waals surface area contributed by atoms with E-state index < -0.39 is 6.10 Å². The van der Waals surface area contributed by atoms with E-state index in [0.29, 0.717) is 23.7 Å². The molecule has 0 saturated carbocycles. The second-order valence-corrected chi connectivity index (χ2v) is 6.98. The topological polar surface area (TPSA) is 67.9 Å². The van der Waals surface area contributed by atoms with Crippen LogP contribution >= 0.6 is 0 Å². The van der Waals surface area contributed by atoms with Crippen LogP contribution in [0, 0.1) is 13.8 Å². The van der Waals surface area contributed by atoms with Crippen molar-refractivity contribution in [2.45, 2.75) is 33.3 Å². The number of aryl methyl sites for hydroxylation is 2. The predicted octanol–water partition coefficient (Wildman–Crippen LogP) is 3.00. The molecule has 0 aliphatic carbocycles. The van der Waals surface area contributed by atoms with Crippen LogP contribution in [0.2, 0.25) is 0 Å². The molecule has 6 nitrogen and oxygen atoms in total. The van der Waals surface area contributed by atoms with Gasteiger partial charge in [-0.15, -0.1) is 0 Å². The van der Waals surface area contributed by atoms with Gasteiger partial charge in [-0.25, -0.2) is 0 Å². The molecule has 0 aromatic heterocycles. The molecule has 3 rings (SSSR count). The average molecular weight is 382 g/mol. The lowest BCUT2D eigenvalue weighted by molar-refractivity contribution is -0.128. The van der Waals surface area contributed by atoms with Gasteiger partial charge in [-0.2, -0.15) is 0 Å². The molecule has 0 unspecified atom stereocenters. The number of ether oxygens (including phenoxy) is 2. The molecule has 0 radical (unpaired) electrons. The van der Waals surface area contributed by atoms with Gasteiger partial charge in [-0.1, -0.05) is 25.1 Å². The number of benzene rings is 2. The molecule has 0 saturated heterocycles. The lowest BCUT2D eigenvalue weighted by Crippen LogP contribution is -2.51. The van der Waals surface area contributed by atoms with Crippen molar-refractivity contribution < 1.29 is 19.1 Å². The van der Waals surface area contributed by atoms with E-state index in [-0.39, 0.29) is 25.0 Å². The summed E-state index contributed by atoms with van der Waals surface area (Å²) in [7, 11) is 0. The molecular weight excluding hydrogens is 356 g/mol. The zero-order chi connectivity index (χ0) is 20.1. The first-order valence-electron chi connectivity index (χ1n) is 9.52. The average Bonchev–Trinajstić information content (AvgIpc) is 2.68. The lowest BCUT2D eigenvalue weighted by atomic mass is 10.1. The summed E-state index contributed by atoms with van der Waals surface area (Å²) in [6, 6.07) is 13.1. The van der Waals surface area contributed by atoms with Crippen molar-refractivity contribution >= 4 is 17.5 Å². The Kier molecular flexibility index (Phi) is 6.19. The Morgan fingerprint density at radius 1 is 1.18 bits per heavy atom. The van der Waals surface area contributed by atoms with Crippen LogP contribution in [0.15, 0.2) is 42.5 Å². The van der Waals surface area contributed by atoms with Crippen molar-refractivity contribution in [2.75, 3.05) is 24.6 Å². The van der Waals surface area contributed by atoms with Gasteiger partial charge in [-0.05, 0) is 55.7 Å². The van der Waals surface area contributed by atoms with E-state index in [1.807, 2.05) is 57.2 Å². The monoisotopic (exact) mass is 382 g/mol. The van der Waals surface area contributed by atoms with Gasteiger partial charge in [0, 0.05) is 6.54 Å². The second kappa shape index (κ2) is 8.78. The molecule has 2 aromatic rings. The van der Waals surface area contributed by atoms with Gasteiger partial charge in [0.1, 0.15) is 11.5 Å². The Balaban J connectivity index is 1.74. The summed E-state index contributed by atoms with van der Waals surface area (Å²) in [5, 5.41) is 2.83. The van der Waals surface area contributed by atoms with Gasteiger partial charge in [-0.3, -0.25) is 9.59 Å². The van der Waals surface area contributed by atoms with E-state index in [0.717, 1.165) is 17.5 Å². The number of rotatable bonds is 6. The van der Waals surface area contributed by atoms with Crippen LogP contribution in [0.4, 0.5) is 5.69 Å². The third kappa shape index (κ3) is 4.63. The fraction of sp³-hybridized carbons (Fsp3) is 0.364. The summed E-state index contributed by atoms with van der Waals surface area (Å²) in [5.41, 5.74) is 2.80. The van der Waals surface area contributed by atoms with Crippen molar-refractivity contribution in [2.24, 2.45) is 0 Å². The molecule has 1 aliphatic heterocycles. The fourth-order valence-corrected chi connectivity index (χ4v) is 3.21. The number of nitrogens with zero attached hydrogens (tertiary/aromatic N) is 1. The largest absolute Gasteiger partial charge is 0.484 e. The molecular formula is C22H26N2O4. The van der Waals surface area contributed by atoms with Crippen LogP contribution in [0.5, 0.6) is 11.5 Å². The van der Waals surface area contributed by atoms with E-state index in [2.05, 4.69) is 5.32 Å². The maximum absolute atomic E-state index is 12.9. The van der Waals surface area contributed by atoms with Crippen molar-refractivity contribution in [3.05, 3.63) is 53.6 Å². The number of hydrogen-bond acceptors (Lipinski definition) is 4. The summed E-state index contributed by atoms with van der Waals surface area (Å²) < 4.78 is 11.5. The molecule has 28 heavy (non-hydrogen) atoms. The molecule has 2 aromatic carbocycles. The van der Waals surface area contributed by atoms with E-state index in [4.69, 9.17) is 9.47 Å². The van der Waals surface area contributed by atoms with E-state index in [9.17, 15) is 9.59 Å². The highest BCUT2D eigenvalue weighted by atomic mass is 16.5. The van der Waals surface area contributed by atoms with Crippen molar-refractivity contribution in [1.82, 2.24) is 5.32 Å². The summed E-state index contributed by atoms with van der Waals surface area (Å²) in [6.45, 7) is 6.57. The zero-order valence-corrected chi connectivity index (χ0v) is 16.5. The summed E-state index contributed by atoms with van der Waals surface area (Å²) >= 11 is 0. The number of carbonyl (C=O) groups excluding carboxylic acids is 2. The molecule has 1 heterocycles. The number of fused-ring (bicyclic) bond motifs is 1. The molecule has 148 valence electrons. The first kappa shape index (κ1) is 19.7. The summed E-state index contributed by atoms with van der Waals surface area (Å²) in [5.74, 6) is 0.738. The van der Waals surface area contributed by atoms with Crippen LogP contribution in [0.1, 0.15) is 24.5 Å². The minimum Gasteiger partial charge on any atom is -0.484 e. The van der Waals surface area contributed by atoms with Crippen molar-refractivity contribution in [3.63, 3.8) is 0 Å². The van der Waals surface area contributed by atoms with Gasteiger partial charge in [0.25, 0.3) is 11.8 Å². The maximum atomic E-state index is 12.9. The Labute approximate surface area is 165 Å². The molecule has 1 N–H and O–H groups in total. The van der Waals surface area contributed by atoms with Crippen LogP contribution in [-0.2, 0) is 9.59 Å². The Hall–Kier alpha value is -3.02. The predicted molar refractivity (Wildman–Crippen MR) is 108 cm³/mol. The Morgan fingerprint density at radius 3 is 2.61 bits per heavy atom. The number of para-hydroxylation sites is 2. The SMILES string of the molecule is CCCNC(=O)[C@@H]1CN(C(=O)COc2cc(C)cc(C)c2)c2ccccc2O1. The summed E-state index contributed by atoms with van der Waals surface area (Å²) in [6.07, 6.45) is 0.0909. The first-order chi connectivity index (χ1) is 13.5. The number of amides is 2. The summed E-state index contributed by atoms with van der Waals surface area (Å²) in [4.78, 5) is 26.9. The van der Waals surface area contributed by atoms with Gasteiger partial charge in [0.05, 0.1) is 12.2 Å². The number of anilines is 1. The van der Waals surface area contributed by atoms with Crippen LogP contribution in [-0.4, -0.2) is 37.6 Å². The number of nitrogens with one attached hydrogen (secondary N) is 1. The lowest BCUT2D eigenvalue weighted by Gasteiger charge is -2.34. The Bertz CT molecular complexity index is 845. The number of carbonyl (C=O) groups is 2. The minimum absolute atomic E-state index is 0.111. The zero-order valence-electron chi connectivity index (χ0n) is 16.5. The molecule has 1 atom stereocenters. The molecule has 6 heteroatoms. The third-order valence-corrected chi connectivity index (χ3v) is 4.47.